The van der Waals surface area contributed by atoms with E-state index >= 15 is 0 Å². The highest BCUT2D eigenvalue weighted by atomic mass is 35.5. The van der Waals surface area contributed by atoms with E-state index in [1.54, 1.807) is 18.4 Å². The second kappa shape index (κ2) is 11.8. The zero-order chi connectivity index (χ0) is 21.0. The number of halogens is 2. The number of aromatic nitrogens is 1. The normalized spacial score (nSPS) is 17.7. The first-order chi connectivity index (χ1) is 15.3. The molecule has 2 N–H and O–H groups in total. The minimum absolute atomic E-state index is 0. The number of nitrogens with zero attached hydrogens (tertiary/aromatic N) is 1. The van der Waals surface area contributed by atoms with E-state index < -0.39 is 0 Å². The number of ether oxygens (including phenoxy) is 1. The summed E-state index contributed by atoms with van der Waals surface area (Å²) in [6.07, 6.45) is 2.34. The molecule has 0 spiro atoms. The monoisotopic (exact) mass is 501 g/mol. The fourth-order valence-corrected chi connectivity index (χ4v) is 5.37. The molecule has 0 saturated carbocycles. The first-order valence-corrected chi connectivity index (χ1v) is 11.7. The van der Waals surface area contributed by atoms with Crippen LogP contribution in [0.2, 0.25) is 0 Å². The topological polar surface area (TPSA) is 46.2 Å². The number of hydrogen-bond donors (Lipinski definition) is 2. The van der Waals surface area contributed by atoms with E-state index in [1.807, 2.05) is 6.07 Å². The molecule has 5 rings (SSSR count). The molecule has 0 radical (unpaired) electrons. The quantitative estimate of drug-likeness (QED) is 0.320. The molecule has 1 saturated heterocycles. The van der Waals surface area contributed by atoms with Gasteiger partial charge in [0, 0.05) is 29.8 Å². The van der Waals surface area contributed by atoms with Gasteiger partial charge >= 0.3 is 0 Å². The molecule has 2 unspecified atom stereocenters. The van der Waals surface area contributed by atoms with Gasteiger partial charge in [-0.25, -0.2) is 4.98 Å². The molecule has 7 heteroatoms. The Kier molecular flexibility index (Phi) is 9.12. The van der Waals surface area contributed by atoms with Crippen LogP contribution in [0, 0.1) is 0 Å². The summed E-state index contributed by atoms with van der Waals surface area (Å²) in [7, 11) is 1.75. The smallest absolute Gasteiger partial charge is 0.124 e. The summed E-state index contributed by atoms with van der Waals surface area (Å²) >= 11 is 1.71. The van der Waals surface area contributed by atoms with Crippen molar-refractivity contribution >= 4 is 46.4 Å². The Morgan fingerprint density at radius 2 is 1.76 bits per heavy atom. The van der Waals surface area contributed by atoms with Crippen LogP contribution in [0.5, 0.6) is 5.75 Å². The number of rotatable bonds is 6. The summed E-state index contributed by atoms with van der Waals surface area (Å²) in [5.41, 5.74) is 4.68. The van der Waals surface area contributed by atoms with E-state index in [0.29, 0.717) is 12.1 Å². The molecular weight excluding hydrogens is 473 g/mol. The Morgan fingerprint density at radius 3 is 2.48 bits per heavy atom. The molecule has 4 aromatic rings. The largest absolute Gasteiger partial charge is 0.496 e. The number of nitrogens with one attached hydrogen (secondary N) is 2. The summed E-state index contributed by atoms with van der Waals surface area (Å²) in [5, 5.41) is 8.54. The minimum Gasteiger partial charge on any atom is -0.496 e. The molecule has 0 aliphatic carbocycles. The van der Waals surface area contributed by atoms with Crippen molar-refractivity contribution in [3.05, 3.63) is 83.9 Å². The van der Waals surface area contributed by atoms with Gasteiger partial charge in [0.15, 0.2) is 0 Å². The summed E-state index contributed by atoms with van der Waals surface area (Å²) in [4.78, 5) is 4.90. The third kappa shape index (κ3) is 5.68. The summed E-state index contributed by atoms with van der Waals surface area (Å²) < 4.78 is 6.90. The molecule has 33 heavy (non-hydrogen) atoms. The first-order valence-electron chi connectivity index (χ1n) is 10.9. The van der Waals surface area contributed by atoms with E-state index in [0.717, 1.165) is 51.6 Å². The maximum atomic E-state index is 5.74. The Bertz CT molecular complexity index is 1150. The van der Waals surface area contributed by atoms with Crippen molar-refractivity contribution in [3.63, 3.8) is 0 Å². The second-order valence-electron chi connectivity index (χ2n) is 7.99. The van der Waals surface area contributed by atoms with E-state index in [9.17, 15) is 0 Å². The summed E-state index contributed by atoms with van der Waals surface area (Å²) in [6.45, 7) is 1.82. The standard InChI is InChI=1S/C26H27N3OS.2ClH/c1-30-23-16-24-22(29-26(31-24)19-11-6-3-7-12-19)15-20(23)17-28-21-13-8-14-27-25(21)18-9-4-2-5-10-18;;/h2-7,9-12,15-16,21,25,27-28H,8,13-14,17H2,1H3;2*1H. The lowest BCUT2D eigenvalue weighted by Crippen LogP contribution is -2.45. The van der Waals surface area contributed by atoms with Crippen molar-refractivity contribution in [1.29, 1.82) is 0 Å². The molecule has 1 aliphatic heterocycles. The molecule has 1 fully saturated rings. The summed E-state index contributed by atoms with van der Waals surface area (Å²) in [5.74, 6) is 0.920. The average molecular weight is 503 g/mol. The van der Waals surface area contributed by atoms with Crippen LogP contribution in [0.15, 0.2) is 72.8 Å². The Labute approximate surface area is 211 Å². The molecule has 2 atom stereocenters. The van der Waals surface area contributed by atoms with E-state index in [-0.39, 0.29) is 24.8 Å². The molecule has 0 bridgehead atoms. The van der Waals surface area contributed by atoms with Gasteiger partial charge < -0.3 is 15.4 Å². The Morgan fingerprint density at radius 1 is 1.03 bits per heavy atom. The van der Waals surface area contributed by atoms with Crippen LogP contribution in [0.3, 0.4) is 0 Å². The van der Waals surface area contributed by atoms with Gasteiger partial charge in [-0.15, -0.1) is 36.2 Å². The van der Waals surface area contributed by atoms with Crippen molar-refractivity contribution in [2.75, 3.05) is 13.7 Å². The Balaban J connectivity index is 0.00000153. The third-order valence-electron chi connectivity index (χ3n) is 5.98. The van der Waals surface area contributed by atoms with Crippen molar-refractivity contribution in [3.8, 4) is 16.3 Å². The zero-order valence-corrected chi connectivity index (χ0v) is 20.9. The number of thiazole rings is 1. The highest BCUT2D eigenvalue weighted by Gasteiger charge is 2.26. The van der Waals surface area contributed by atoms with Crippen LogP contribution >= 0.6 is 36.2 Å². The number of benzene rings is 3. The highest BCUT2D eigenvalue weighted by Crippen LogP contribution is 2.34. The van der Waals surface area contributed by atoms with Crippen LogP contribution in [0.4, 0.5) is 0 Å². The molecule has 0 amide bonds. The minimum atomic E-state index is 0. The third-order valence-corrected chi connectivity index (χ3v) is 7.05. The first kappa shape index (κ1) is 25.5. The molecule has 4 nitrogen and oxygen atoms in total. The molecule has 174 valence electrons. The van der Waals surface area contributed by atoms with Crippen molar-refractivity contribution in [2.45, 2.75) is 31.5 Å². The lowest BCUT2D eigenvalue weighted by atomic mass is 9.92. The van der Waals surface area contributed by atoms with Gasteiger partial charge in [0.05, 0.1) is 17.3 Å². The zero-order valence-electron chi connectivity index (χ0n) is 18.5. The Hall–Kier alpha value is -2.15. The predicted octanol–water partition coefficient (Wildman–Crippen LogP) is 6.40. The van der Waals surface area contributed by atoms with Gasteiger partial charge in [0.25, 0.3) is 0 Å². The maximum Gasteiger partial charge on any atom is 0.124 e. The van der Waals surface area contributed by atoms with Gasteiger partial charge in [-0.2, -0.15) is 0 Å². The molecule has 3 aromatic carbocycles. The van der Waals surface area contributed by atoms with Crippen LogP contribution in [0.25, 0.3) is 20.8 Å². The van der Waals surface area contributed by atoms with E-state index in [1.165, 1.54) is 12.0 Å². The summed E-state index contributed by atoms with van der Waals surface area (Å²) in [6, 6.07) is 26.1. The van der Waals surface area contributed by atoms with Crippen LogP contribution < -0.4 is 15.4 Å². The van der Waals surface area contributed by atoms with Crippen LogP contribution in [0.1, 0.15) is 30.0 Å². The predicted molar refractivity (Wildman–Crippen MR) is 143 cm³/mol. The van der Waals surface area contributed by atoms with Gasteiger partial charge in [0.2, 0.25) is 0 Å². The fraction of sp³-hybridized carbons (Fsp3) is 0.269. The second-order valence-corrected chi connectivity index (χ2v) is 9.02. The maximum absolute atomic E-state index is 5.74. The molecular formula is C26H29Cl2N3OS. The van der Waals surface area contributed by atoms with Crippen molar-refractivity contribution in [1.82, 2.24) is 15.6 Å². The highest BCUT2D eigenvalue weighted by molar-refractivity contribution is 7.21. The molecule has 2 heterocycles. The van der Waals surface area contributed by atoms with Crippen LogP contribution in [-0.4, -0.2) is 24.7 Å². The van der Waals surface area contributed by atoms with Gasteiger partial charge in [-0.05, 0) is 37.1 Å². The number of fused-ring (bicyclic) bond motifs is 1. The number of methoxy groups -OCH3 is 1. The molecule has 1 aromatic heterocycles. The number of hydrogen-bond acceptors (Lipinski definition) is 5. The van der Waals surface area contributed by atoms with Crippen molar-refractivity contribution in [2.24, 2.45) is 0 Å². The fourth-order valence-electron chi connectivity index (χ4n) is 4.39. The van der Waals surface area contributed by atoms with E-state index in [2.05, 4.69) is 77.4 Å². The van der Waals surface area contributed by atoms with Crippen molar-refractivity contribution < 1.29 is 4.74 Å². The number of piperidine rings is 1. The van der Waals surface area contributed by atoms with Gasteiger partial charge in [-0.1, -0.05) is 60.7 Å². The van der Waals surface area contributed by atoms with Crippen LogP contribution in [-0.2, 0) is 6.54 Å². The SMILES string of the molecule is COc1cc2sc(-c3ccccc3)nc2cc1CNC1CCCNC1c1ccccc1.Cl.Cl. The average Bonchev–Trinajstić information content (AvgIpc) is 3.26. The van der Waals surface area contributed by atoms with Gasteiger partial charge in [0.1, 0.15) is 10.8 Å². The molecule has 1 aliphatic rings. The van der Waals surface area contributed by atoms with Gasteiger partial charge in [-0.3, -0.25) is 0 Å². The lowest BCUT2D eigenvalue weighted by Gasteiger charge is -2.34. The van der Waals surface area contributed by atoms with E-state index in [4.69, 9.17) is 9.72 Å². The lowest BCUT2D eigenvalue weighted by molar-refractivity contribution is 0.303.